The minimum atomic E-state index is 0. The molecule has 2 aromatic heterocycles. The molecule has 11 heteroatoms. The summed E-state index contributed by atoms with van der Waals surface area (Å²) in [6, 6.07) is 11.1. The van der Waals surface area contributed by atoms with Crippen LogP contribution < -0.4 is 11.5 Å². The van der Waals surface area contributed by atoms with Crippen LogP contribution in [0.3, 0.4) is 0 Å². The van der Waals surface area contributed by atoms with Gasteiger partial charge in [-0.05, 0) is 38.1 Å². The number of pyridine rings is 2. The first-order valence-electron chi connectivity index (χ1n) is 7.36. The molecule has 0 aliphatic heterocycles. The topological polar surface area (TPSA) is 131 Å². The Kier molecular flexibility index (Phi) is 13.0. The summed E-state index contributed by atoms with van der Waals surface area (Å²) in [4.78, 5) is 8.18. The van der Waals surface area contributed by atoms with Crippen LogP contribution in [0.25, 0.3) is 10.9 Å². The molecule has 0 aliphatic rings. The van der Waals surface area contributed by atoms with Crippen molar-refractivity contribution in [1.29, 1.82) is 0 Å². The molecule has 2 heterocycles. The molecule has 0 saturated carbocycles. The minimum Gasteiger partial charge on any atom is -0.515 e. The molecule has 0 aromatic carbocycles. The average Bonchev–Trinajstić information content (AvgIpc) is 2.66. The summed E-state index contributed by atoms with van der Waals surface area (Å²) >= 11 is 7.57. The Morgan fingerprint density at radius 1 is 0.815 bits per heavy atom. The fraction of sp³-hybridized carbons (Fsp3) is 0.125. The van der Waals surface area contributed by atoms with Gasteiger partial charge in [-0.2, -0.15) is 0 Å². The fourth-order valence-corrected chi connectivity index (χ4v) is 1.60. The predicted molar refractivity (Wildman–Crippen MR) is 121 cm³/mol. The van der Waals surface area contributed by atoms with E-state index in [2.05, 4.69) is 55.5 Å². The second kappa shape index (κ2) is 14.1. The molecular weight excluding hydrogens is 438 g/mol. The van der Waals surface area contributed by atoms with Crippen molar-refractivity contribution >= 4 is 65.9 Å². The molecule has 27 heavy (non-hydrogen) atoms. The van der Waals surface area contributed by atoms with Gasteiger partial charge in [0.25, 0.3) is 0 Å². The smallest absolute Gasteiger partial charge is 0.515 e. The molecule has 0 radical (unpaired) electrons. The summed E-state index contributed by atoms with van der Waals surface area (Å²) in [6.07, 6.45) is 3.39. The van der Waals surface area contributed by atoms with Gasteiger partial charge in [-0.25, -0.2) is 0 Å². The van der Waals surface area contributed by atoms with E-state index in [1.165, 1.54) is 0 Å². The fourth-order valence-electron chi connectivity index (χ4n) is 1.51. The van der Waals surface area contributed by atoms with Crippen LogP contribution in [-0.2, 0) is 24.4 Å². The van der Waals surface area contributed by atoms with Crippen LogP contribution in [0, 0.1) is 0 Å². The van der Waals surface area contributed by atoms with Crippen LogP contribution in [0.2, 0.25) is 0 Å². The summed E-state index contributed by atoms with van der Waals surface area (Å²) in [5, 5.41) is 7.94. The largest absolute Gasteiger partial charge is 3.00 e. The molecule has 0 fully saturated rings. The van der Waals surface area contributed by atoms with Crippen LogP contribution in [0.1, 0.15) is 25.2 Å². The second-order valence-electron chi connectivity index (χ2n) is 4.72. The van der Waals surface area contributed by atoms with Crippen LogP contribution in [-0.4, -0.2) is 51.4 Å². The van der Waals surface area contributed by atoms with Crippen molar-refractivity contribution in [3.05, 3.63) is 71.0 Å². The predicted octanol–water partition coefficient (Wildman–Crippen LogP) is 0.628. The number of thiol groups is 2. The molecule has 0 bridgehead atoms. The van der Waals surface area contributed by atoms with Crippen molar-refractivity contribution in [3.8, 4) is 0 Å². The van der Waals surface area contributed by atoms with Crippen molar-refractivity contribution in [2.75, 3.05) is 0 Å². The Morgan fingerprint density at radius 3 is 1.44 bits per heavy atom. The van der Waals surface area contributed by atoms with E-state index in [4.69, 9.17) is 11.5 Å². The standard InChI is InChI=1S/2C8H10N4S.Ga/c2*1-6(11-12-8(9)13)7-4-2-3-5-10-7;/h2*2-5H,1H3,(H3,9,10,12,13);/q;;+3. The Hall–Kier alpha value is -2.02. The molecule has 0 spiro atoms. The van der Waals surface area contributed by atoms with Gasteiger partial charge in [0, 0.05) is 23.8 Å². The third-order valence-corrected chi connectivity index (χ3v) is 2.85. The molecular formula is C16H20GaN8S2+3. The van der Waals surface area contributed by atoms with Gasteiger partial charge in [-0.3, -0.25) is 21.4 Å². The van der Waals surface area contributed by atoms with Gasteiger partial charge < -0.3 is 21.1 Å². The van der Waals surface area contributed by atoms with E-state index < -0.39 is 0 Å². The van der Waals surface area contributed by atoms with Gasteiger partial charge in [0.05, 0.1) is 11.4 Å². The molecule has 2 rings (SSSR count). The Bertz CT molecular complexity index is 714. The SMILES string of the molecule is CC(=N[N-]C(N)=[SH+])c1ccccn1.CC(=N[N-]C(N)=[SH+])c1ccccn1.[Ga+3]. The van der Waals surface area contributed by atoms with Gasteiger partial charge in [-0.1, -0.05) is 12.1 Å². The Labute approximate surface area is 182 Å². The van der Waals surface area contributed by atoms with Crippen LogP contribution >= 0.6 is 0 Å². The molecule has 8 nitrogen and oxygen atoms in total. The van der Waals surface area contributed by atoms with Gasteiger partial charge >= 0.3 is 19.8 Å². The first-order valence-corrected chi connectivity index (χ1v) is 8.25. The number of hydrogen-bond acceptors (Lipinski definition) is 4. The Balaban J connectivity index is 0.000000483. The molecule has 0 aliphatic carbocycles. The van der Waals surface area contributed by atoms with E-state index in [9.17, 15) is 0 Å². The van der Waals surface area contributed by atoms with Crippen LogP contribution in [0.4, 0.5) is 0 Å². The summed E-state index contributed by atoms with van der Waals surface area (Å²) in [6.45, 7) is 3.62. The van der Waals surface area contributed by atoms with Crippen molar-refractivity contribution in [2.24, 2.45) is 21.7 Å². The maximum absolute atomic E-state index is 5.21. The molecule has 0 unspecified atom stereocenters. The second-order valence-corrected chi connectivity index (χ2v) is 5.63. The quantitative estimate of drug-likeness (QED) is 0.174. The number of nitrogens with two attached hydrogens (primary N) is 2. The number of rotatable bonds is 4. The monoisotopic (exact) mass is 457 g/mol. The molecule has 4 N–H and O–H groups in total. The minimum absolute atomic E-state index is 0. The maximum atomic E-state index is 5.21. The van der Waals surface area contributed by atoms with Crippen molar-refractivity contribution in [2.45, 2.75) is 13.8 Å². The average molecular weight is 458 g/mol. The molecule has 0 amide bonds. The third-order valence-electron chi connectivity index (χ3n) is 2.68. The Morgan fingerprint density at radius 2 is 1.19 bits per heavy atom. The van der Waals surface area contributed by atoms with E-state index in [1.54, 1.807) is 12.4 Å². The molecule has 0 saturated heterocycles. The van der Waals surface area contributed by atoms with Gasteiger partial charge in [0.1, 0.15) is 0 Å². The van der Waals surface area contributed by atoms with Gasteiger partial charge in [0.15, 0.2) is 34.7 Å². The summed E-state index contributed by atoms with van der Waals surface area (Å²) < 4.78 is 0. The van der Waals surface area contributed by atoms with E-state index >= 15 is 0 Å². The summed E-state index contributed by atoms with van der Waals surface area (Å²) in [7, 11) is 0. The van der Waals surface area contributed by atoms with Gasteiger partial charge in [0.2, 0.25) is 0 Å². The van der Waals surface area contributed by atoms with Crippen LogP contribution in [0.5, 0.6) is 0 Å². The van der Waals surface area contributed by atoms with Crippen molar-refractivity contribution < 1.29 is 0 Å². The van der Waals surface area contributed by atoms with Gasteiger partial charge in [-0.15, -0.1) is 0 Å². The van der Waals surface area contributed by atoms with Crippen LogP contribution in [0.15, 0.2) is 59.0 Å². The maximum Gasteiger partial charge on any atom is 3.00 e. The van der Waals surface area contributed by atoms with E-state index in [-0.39, 0.29) is 30.0 Å². The first kappa shape index (κ1) is 25.0. The van der Waals surface area contributed by atoms with E-state index in [1.807, 2.05) is 50.2 Å². The van der Waals surface area contributed by atoms with E-state index in [0.717, 1.165) is 11.4 Å². The normalized spacial score (nSPS) is 10.7. The molecule has 0 atom stereocenters. The van der Waals surface area contributed by atoms with Crippen molar-refractivity contribution in [1.82, 2.24) is 9.97 Å². The number of aromatic nitrogens is 2. The zero-order valence-corrected chi connectivity index (χ0v) is 19.1. The van der Waals surface area contributed by atoms with E-state index in [0.29, 0.717) is 11.4 Å². The molecule has 136 valence electrons. The first-order chi connectivity index (χ1) is 12.4. The van der Waals surface area contributed by atoms with Crippen molar-refractivity contribution in [3.63, 3.8) is 0 Å². The zero-order chi connectivity index (χ0) is 19.4. The number of nitrogens with zero attached hydrogens (tertiary/aromatic N) is 6. The zero-order valence-electron chi connectivity index (χ0n) is 14.9. The summed E-state index contributed by atoms with van der Waals surface area (Å²) in [5.74, 6) is 0. The summed E-state index contributed by atoms with van der Waals surface area (Å²) in [5.41, 5.74) is 20.6. The third kappa shape index (κ3) is 11.3. The number of hydrogen-bond donors (Lipinski definition) is 2. The molecule has 2 aromatic rings.